The Hall–Kier alpha value is -0.430. The molecule has 1 aromatic heterocycles. The summed E-state index contributed by atoms with van der Waals surface area (Å²) in [5.74, 6) is 0. The molecule has 0 spiro atoms. The highest BCUT2D eigenvalue weighted by atomic mass is 127. The van der Waals surface area contributed by atoms with Gasteiger partial charge < -0.3 is 5.32 Å². The van der Waals surface area contributed by atoms with E-state index in [2.05, 4.69) is 24.1 Å². The molecular formula is C11H18IN3O. The maximum absolute atomic E-state index is 11.7. The van der Waals surface area contributed by atoms with Crippen molar-refractivity contribution in [2.75, 3.05) is 6.54 Å². The summed E-state index contributed by atoms with van der Waals surface area (Å²) in [5, 5.41) is 3.42. The standard InChI is InChI=1S/C11H18IN3O/c1-3-9(4-2)14-5-6-15-8-13-7-10(12)11(15)16/h7-9,14H,3-6H2,1-2H3. The highest BCUT2D eigenvalue weighted by molar-refractivity contribution is 14.1. The van der Waals surface area contributed by atoms with Crippen LogP contribution in [0.5, 0.6) is 0 Å². The van der Waals surface area contributed by atoms with Crippen LogP contribution in [-0.4, -0.2) is 22.1 Å². The van der Waals surface area contributed by atoms with Gasteiger partial charge in [0.2, 0.25) is 0 Å². The number of nitrogens with one attached hydrogen (secondary N) is 1. The molecule has 5 heteroatoms. The molecule has 4 nitrogen and oxygen atoms in total. The first-order chi connectivity index (χ1) is 7.69. The molecule has 0 aliphatic heterocycles. The molecule has 16 heavy (non-hydrogen) atoms. The summed E-state index contributed by atoms with van der Waals surface area (Å²) < 4.78 is 2.32. The zero-order valence-electron chi connectivity index (χ0n) is 9.74. The molecule has 90 valence electrons. The molecule has 0 saturated heterocycles. The third-order valence-electron chi connectivity index (χ3n) is 2.63. The number of aromatic nitrogens is 2. The molecule has 1 N–H and O–H groups in total. The summed E-state index contributed by atoms with van der Waals surface area (Å²) in [4.78, 5) is 15.7. The van der Waals surface area contributed by atoms with E-state index in [9.17, 15) is 4.79 Å². The molecule has 0 unspecified atom stereocenters. The van der Waals surface area contributed by atoms with Crippen LogP contribution in [0.25, 0.3) is 0 Å². The van der Waals surface area contributed by atoms with Crippen LogP contribution < -0.4 is 10.9 Å². The van der Waals surface area contributed by atoms with Crippen LogP contribution in [0.1, 0.15) is 26.7 Å². The minimum Gasteiger partial charge on any atom is -0.312 e. The lowest BCUT2D eigenvalue weighted by Crippen LogP contribution is -2.33. The first-order valence-electron chi connectivity index (χ1n) is 5.62. The Bertz CT molecular complexity index is 374. The second kappa shape index (κ2) is 7.01. The van der Waals surface area contributed by atoms with Gasteiger partial charge in [-0.15, -0.1) is 0 Å². The summed E-state index contributed by atoms with van der Waals surface area (Å²) in [5.41, 5.74) is 0.0435. The van der Waals surface area contributed by atoms with Gasteiger partial charge in [0, 0.05) is 25.3 Å². The Kier molecular flexibility index (Phi) is 5.97. The Morgan fingerprint density at radius 3 is 2.81 bits per heavy atom. The average Bonchev–Trinajstić information content (AvgIpc) is 2.30. The second-order valence-electron chi connectivity index (χ2n) is 3.71. The van der Waals surface area contributed by atoms with Crippen LogP contribution in [-0.2, 0) is 6.54 Å². The zero-order chi connectivity index (χ0) is 12.0. The Morgan fingerprint density at radius 1 is 1.50 bits per heavy atom. The first-order valence-corrected chi connectivity index (χ1v) is 6.70. The molecule has 1 aromatic rings. The number of rotatable bonds is 6. The van der Waals surface area contributed by atoms with Crippen LogP contribution in [0.15, 0.2) is 17.3 Å². The van der Waals surface area contributed by atoms with E-state index in [0.717, 1.165) is 19.4 Å². The monoisotopic (exact) mass is 335 g/mol. The fourth-order valence-electron chi connectivity index (χ4n) is 1.55. The first kappa shape index (κ1) is 13.6. The van der Waals surface area contributed by atoms with Gasteiger partial charge in [0.15, 0.2) is 0 Å². The summed E-state index contributed by atoms with van der Waals surface area (Å²) in [6.45, 7) is 5.83. The number of nitrogens with zero attached hydrogens (tertiary/aromatic N) is 2. The molecule has 0 atom stereocenters. The van der Waals surface area contributed by atoms with Gasteiger partial charge in [0.05, 0.1) is 9.90 Å². The van der Waals surface area contributed by atoms with Crippen molar-refractivity contribution < 1.29 is 0 Å². The van der Waals surface area contributed by atoms with E-state index < -0.39 is 0 Å². The minimum atomic E-state index is 0.0435. The number of hydrogen-bond donors (Lipinski definition) is 1. The minimum absolute atomic E-state index is 0.0435. The molecule has 1 heterocycles. The number of halogens is 1. The topological polar surface area (TPSA) is 46.9 Å². The summed E-state index contributed by atoms with van der Waals surface area (Å²) >= 11 is 2.01. The molecule has 0 amide bonds. The predicted octanol–water partition coefficient (Wildman–Crippen LogP) is 1.63. The van der Waals surface area contributed by atoms with E-state index in [1.165, 1.54) is 0 Å². The van der Waals surface area contributed by atoms with E-state index >= 15 is 0 Å². The molecule has 0 bridgehead atoms. The van der Waals surface area contributed by atoms with Gasteiger partial charge in [0.25, 0.3) is 5.56 Å². The van der Waals surface area contributed by atoms with Gasteiger partial charge in [-0.1, -0.05) is 13.8 Å². The van der Waals surface area contributed by atoms with Crippen molar-refractivity contribution in [3.63, 3.8) is 0 Å². The fourth-order valence-corrected chi connectivity index (χ4v) is 2.02. The van der Waals surface area contributed by atoms with Crippen LogP contribution in [0.2, 0.25) is 0 Å². The molecule has 0 radical (unpaired) electrons. The maximum atomic E-state index is 11.7. The molecule has 0 aliphatic rings. The van der Waals surface area contributed by atoms with Crippen molar-refractivity contribution in [1.82, 2.24) is 14.9 Å². The van der Waals surface area contributed by atoms with E-state index in [4.69, 9.17) is 0 Å². The van der Waals surface area contributed by atoms with Crippen molar-refractivity contribution in [3.05, 3.63) is 26.4 Å². The van der Waals surface area contributed by atoms with E-state index in [-0.39, 0.29) is 5.56 Å². The SMILES string of the molecule is CCC(CC)NCCn1cncc(I)c1=O. The Labute approximate surface area is 110 Å². The van der Waals surface area contributed by atoms with Crippen LogP contribution in [0.3, 0.4) is 0 Å². The molecule has 0 fully saturated rings. The predicted molar refractivity (Wildman–Crippen MR) is 73.6 cm³/mol. The van der Waals surface area contributed by atoms with Crippen molar-refractivity contribution in [3.8, 4) is 0 Å². The van der Waals surface area contributed by atoms with Gasteiger partial charge >= 0.3 is 0 Å². The Balaban J connectivity index is 2.49. The molecule has 0 saturated carbocycles. The van der Waals surface area contributed by atoms with Crippen molar-refractivity contribution in [1.29, 1.82) is 0 Å². The van der Waals surface area contributed by atoms with Crippen LogP contribution in [0.4, 0.5) is 0 Å². The van der Waals surface area contributed by atoms with Crippen LogP contribution in [0, 0.1) is 3.57 Å². The average molecular weight is 335 g/mol. The summed E-state index contributed by atoms with van der Waals surface area (Å²) in [7, 11) is 0. The molecule has 0 aromatic carbocycles. The van der Waals surface area contributed by atoms with Crippen molar-refractivity contribution in [2.45, 2.75) is 39.3 Å². The third-order valence-corrected chi connectivity index (χ3v) is 3.37. The quantitative estimate of drug-likeness (QED) is 0.804. The lowest BCUT2D eigenvalue weighted by atomic mass is 10.2. The van der Waals surface area contributed by atoms with Gasteiger partial charge in [0.1, 0.15) is 0 Å². The highest BCUT2D eigenvalue weighted by Gasteiger charge is 2.03. The largest absolute Gasteiger partial charge is 0.312 e. The number of hydrogen-bond acceptors (Lipinski definition) is 3. The zero-order valence-corrected chi connectivity index (χ0v) is 11.9. The maximum Gasteiger partial charge on any atom is 0.266 e. The third kappa shape index (κ3) is 3.86. The lowest BCUT2D eigenvalue weighted by molar-refractivity contribution is 0.461. The van der Waals surface area contributed by atoms with Crippen molar-refractivity contribution >= 4 is 22.6 Å². The lowest BCUT2D eigenvalue weighted by Gasteiger charge is -2.14. The molecule has 0 aliphatic carbocycles. The van der Waals surface area contributed by atoms with Gasteiger partial charge in [-0.05, 0) is 35.4 Å². The smallest absolute Gasteiger partial charge is 0.266 e. The Morgan fingerprint density at radius 2 is 2.19 bits per heavy atom. The van der Waals surface area contributed by atoms with E-state index in [0.29, 0.717) is 16.2 Å². The van der Waals surface area contributed by atoms with E-state index in [1.54, 1.807) is 17.1 Å². The van der Waals surface area contributed by atoms with Crippen LogP contribution >= 0.6 is 22.6 Å². The van der Waals surface area contributed by atoms with Gasteiger partial charge in [-0.2, -0.15) is 0 Å². The van der Waals surface area contributed by atoms with E-state index in [1.807, 2.05) is 22.6 Å². The van der Waals surface area contributed by atoms with Gasteiger partial charge in [-0.3, -0.25) is 9.36 Å². The fraction of sp³-hybridized carbons (Fsp3) is 0.636. The van der Waals surface area contributed by atoms with Gasteiger partial charge in [-0.25, -0.2) is 4.98 Å². The summed E-state index contributed by atoms with van der Waals surface area (Å²) in [6.07, 6.45) is 5.43. The normalized spacial score (nSPS) is 11.0. The molecule has 1 rings (SSSR count). The van der Waals surface area contributed by atoms with Crippen molar-refractivity contribution in [2.24, 2.45) is 0 Å². The second-order valence-corrected chi connectivity index (χ2v) is 4.87. The highest BCUT2D eigenvalue weighted by Crippen LogP contribution is 1.96. The summed E-state index contributed by atoms with van der Waals surface area (Å²) in [6, 6.07) is 0.548. The molecular weight excluding hydrogens is 317 g/mol.